The normalized spacial score (nSPS) is 10.9. The van der Waals surface area contributed by atoms with Crippen molar-refractivity contribution in [2.24, 2.45) is 0 Å². The molecule has 2 N–H and O–H groups in total. The fourth-order valence-corrected chi connectivity index (χ4v) is 1.96. The summed E-state index contributed by atoms with van der Waals surface area (Å²) in [6.45, 7) is 2.69. The van der Waals surface area contributed by atoms with E-state index in [1.54, 1.807) is 12.4 Å². The summed E-state index contributed by atoms with van der Waals surface area (Å²) < 4.78 is 1.90. The SMILES string of the molecule is Cc1ccncc1Cn1c(N)nc2cccnc21. The fourth-order valence-electron chi connectivity index (χ4n) is 1.96. The van der Waals surface area contributed by atoms with Crippen LogP contribution in [-0.2, 0) is 6.54 Å². The molecule has 0 amide bonds. The molecule has 3 heterocycles. The summed E-state index contributed by atoms with van der Waals surface area (Å²) >= 11 is 0. The zero-order chi connectivity index (χ0) is 12.5. The lowest BCUT2D eigenvalue weighted by Crippen LogP contribution is -2.06. The Morgan fingerprint density at radius 2 is 2.17 bits per heavy atom. The van der Waals surface area contributed by atoms with E-state index in [1.807, 2.05) is 29.0 Å². The molecule has 0 aliphatic rings. The lowest BCUT2D eigenvalue weighted by molar-refractivity contribution is 0.817. The van der Waals surface area contributed by atoms with Crippen molar-refractivity contribution in [1.82, 2.24) is 19.5 Å². The summed E-state index contributed by atoms with van der Waals surface area (Å²) in [7, 11) is 0. The van der Waals surface area contributed by atoms with Gasteiger partial charge in [-0.1, -0.05) is 0 Å². The van der Waals surface area contributed by atoms with Gasteiger partial charge in [0.05, 0.1) is 6.54 Å². The van der Waals surface area contributed by atoms with Gasteiger partial charge >= 0.3 is 0 Å². The van der Waals surface area contributed by atoms with Gasteiger partial charge in [-0.15, -0.1) is 0 Å². The Bertz CT molecular complexity index is 701. The van der Waals surface area contributed by atoms with Crippen LogP contribution in [-0.4, -0.2) is 19.5 Å². The lowest BCUT2D eigenvalue weighted by atomic mass is 10.1. The molecule has 3 rings (SSSR count). The summed E-state index contributed by atoms with van der Waals surface area (Å²) in [6.07, 6.45) is 5.38. The van der Waals surface area contributed by atoms with Gasteiger partial charge in [-0.05, 0) is 36.2 Å². The lowest BCUT2D eigenvalue weighted by Gasteiger charge is -2.07. The van der Waals surface area contributed by atoms with E-state index < -0.39 is 0 Å². The molecule has 0 spiro atoms. The first kappa shape index (κ1) is 10.7. The largest absolute Gasteiger partial charge is 0.369 e. The highest BCUT2D eigenvalue weighted by Gasteiger charge is 2.10. The van der Waals surface area contributed by atoms with E-state index in [1.165, 1.54) is 5.56 Å². The molecule has 3 aromatic rings. The zero-order valence-corrected chi connectivity index (χ0v) is 10.0. The van der Waals surface area contributed by atoms with Crippen molar-refractivity contribution in [3.8, 4) is 0 Å². The predicted molar refractivity (Wildman–Crippen MR) is 70.0 cm³/mol. The Morgan fingerprint density at radius 3 is 3.00 bits per heavy atom. The van der Waals surface area contributed by atoms with Crippen LogP contribution in [0.1, 0.15) is 11.1 Å². The Morgan fingerprint density at radius 1 is 1.28 bits per heavy atom. The van der Waals surface area contributed by atoms with Crippen LogP contribution in [0, 0.1) is 6.92 Å². The third kappa shape index (κ3) is 1.69. The molecule has 0 radical (unpaired) electrons. The number of nitrogens with zero attached hydrogens (tertiary/aromatic N) is 4. The van der Waals surface area contributed by atoms with Crippen LogP contribution in [0.2, 0.25) is 0 Å². The Kier molecular flexibility index (Phi) is 2.44. The van der Waals surface area contributed by atoms with Crippen LogP contribution < -0.4 is 5.73 Å². The van der Waals surface area contributed by atoms with E-state index in [-0.39, 0.29) is 0 Å². The molecule has 90 valence electrons. The molecule has 0 bridgehead atoms. The van der Waals surface area contributed by atoms with E-state index in [9.17, 15) is 0 Å². The average molecular weight is 239 g/mol. The number of aryl methyl sites for hydroxylation is 1. The molecule has 0 aromatic carbocycles. The highest BCUT2D eigenvalue weighted by Crippen LogP contribution is 2.17. The first-order valence-corrected chi connectivity index (χ1v) is 5.72. The number of hydrogen-bond donors (Lipinski definition) is 1. The third-order valence-corrected chi connectivity index (χ3v) is 3.01. The molecule has 5 nitrogen and oxygen atoms in total. The third-order valence-electron chi connectivity index (χ3n) is 3.01. The molecular weight excluding hydrogens is 226 g/mol. The van der Waals surface area contributed by atoms with Crippen molar-refractivity contribution in [1.29, 1.82) is 0 Å². The fraction of sp³-hybridized carbons (Fsp3) is 0.154. The van der Waals surface area contributed by atoms with Crippen LogP contribution in [0.3, 0.4) is 0 Å². The first-order valence-electron chi connectivity index (χ1n) is 5.72. The molecule has 0 unspecified atom stereocenters. The molecule has 5 heteroatoms. The van der Waals surface area contributed by atoms with Crippen molar-refractivity contribution in [3.05, 3.63) is 47.9 Å². The van der Waals surface area contributed by atoms with Crippen molar-refractivity contribution in [2.45, 2.75) is 13.5 Å². The minimum atomic E-state index is 0.479. The Balaban J connectivity index is 2.10. The van der Waals surface area contributed by atoms with Gasteiger partial charge in [-0.25, -0.2) is 9.97 Å². The van der Waals surface area contributed by atoms with Crippen LogP contribution in [0.15, 0.2) is 36.8 Å². The van der Waals surface area contributed by atoms with Crippen LogP contribution in [0.5, 0.6) is 0 Å². The average Bonchev–Trinajstić information content (AvgIpc) is 2.69. The second kappa shape index (κ2) is 4.10. The molecule has 18 heavy (non-hydrogen) atoms. The number of anilines is 1. The molecular formula is C13H13N5. The number of nitrogens with two attached hydrogens (primary N) is 1. The zero-order valence-electron chi connectivity index (χ0n) is 10.0. The molecule has 0 saturated carbocycles. The number of nitrogen functional groups attached to an aromatic ring is 1. The van der Waals surface area contributed by atoms with E-state index in [4.69, 9.17) is 5.73 Å². The molecule has 0 atom stereocenters. The standard InChI is InChI=1S/C13H13N5/c1-9-4-6-15-7-10(9)8-18-12-11(17-13(18)14)3-2-5-16-12/h2-7H,8H2,1H3,(H2,14,17). The highest BCUT2D eigenvalue weighted by atomic mass is 15.2. The van der Waals surface area contributed by atoms with Crippen molar-refractivity contribution in [3.63, 3.8) is 0 Å². The number of hydrogen-bond acceptors (Lipinski definition) is 4. The Hall–Kier alpha value is -2.43. The van der Waals surface area contributed by atoms with Gasteiger partial charge in [0.1, 0.15) is 5.52 Å². The maximum absolute atomic E-state index is 5.94. The van der Waals surface area contributed by atoms with E-state index >= 15 is 0 Å². The summed E-state index contributed by atoms with van der Waals surface area (Å²) in [5.41, 5.74) is 9.87. The van der Waals surface area contributed by atoms with Crippen LogP contribution in [0.4, 0.5) is 5.95 Å². The number of pyridine rings is 2. The van der Waals surface area contributed by atoms with Crippen molar-refractivity contribution < 1.29 is 0 Å². The minimum Gasteiger partial charge on any atom is -0.369 e. The quantitative estimate of drug-likeness (QED) is 0.739. The Labute approximate surface area is 104 Å². The number of rotatable bonds is 2. The highest BCUT2D eigenvalue weighted by molar-refractivity contribution is 5.73. The monoisotopic (exact) mass is 239 g/mol. The van der Waals surface area contributed by atoms with Gasteiger partial charge in [0.2, 0.25) is 5.95 Å². The van der Waals surface area contributed by atoms with E-state index in [2.05, 4.69) is 21.9 Å². The van der Waals surface area contributed by atoms with Gasteiger partial charge < -0.3 is 5.73 Å². The van der Waals surface area contributed by atoms with Crippen molar-refractivity contribution >= 4 is 17.1 Å². The summed E-state index contributed by atoms with van der Waals surface area (Å²) in [4.78, 5) is 12.8. The number of aromatic nitrogens is 4. The van der Waals surface area contributed by atoms with Crippen LogP contribution in [0.25, 0.3) is 11.2 Å². The smallest absolute Gasteiger partial charge is 0.202 e. The second-order valence-corrected chi connectivity index (χ2v) is 4.20. The second-order valence-electron chi connectivity index (χ2n) is 4.20. The maximum atomic E-state index is 5.94. The topological polar surface area (TPSA) is 69.6 Å². The van der Waals surface area contributed by atoms with Gasteiger partial charge in [-0.2, -0.15) is 0 Å². The van der Waals surface area contributed by atoms with Crippen LogP contribution >= 0.6 is 0 Å². The van der Waals surface area contributed by atoms with Crippen molar-refractivity contribution in [2.75, 3.05) is 5.73 Å². The molecule has 0 aliphatic heterocycles. The summed E-state index contributed by atoms with van der Waals surface area (Å²) in [6, 6.07) is 5.75. The summed E-state index contributed by atoms with van der Waals surface area (Å²) in [5.74, 6) is 0.479. The van der Waals surface area contributed by atoms with Gasteiger partial charge in [0.25, 0.3) is 0 Å². The molecule has 0 saturated heterocycles. The maximum Gasteiger partial charge on any atom is 0.202 e. The number of fused-ring (bicyclic) bond motifs is 1. The molecule has 0 fully saturated rings. The summed E-state index contributed by atoms with van der Waals surface area (Å²) in [5, 5.41) is 0. The van der Waals surface area contributed by atoms with Gasteiger partial charge in [-0.3, -0.25) is 9.55 Å². The number of imidazole rings is 1. The molecule has 3 aromatic heterocycles. The predicted octanol–water partition coefficient (Wildman–Crippen LogP) is 1.77. The molecule has 0 aliphatic carbocycles. The van der Waals surface area contributed by atoms with E-state index in [0.29, 0.717) is 12.5 Å². The van der Waals surface area contributed by atoms with Gasteiger partial charge in [0.15, 0.2) is 5.65 Å². The van der Waals surface area contributed by atoms with Gasteiger partial charge in [0, 0.05) is 18.6 Å². The van der Waals surface area contributed by atoms with E-state index in [0.717, 1.165) is 16.7 Å². The minimum absolute atomic E-state index is 0.479. The first-order chi connectivity index (χ1) is 8.75.